The zero-order valence-electron chi connectivity index (χ0n) is 15.9. The molecule has 2 amide bonds. The number of rotatable bonds is 6. The van der Waals surface area contributed by atoms with E-state index in [-0.39, 0.29) is 31.1 Å². The van der Waals surface area contributed by atoms with Gasteiger partial charge in [0.2, 0.25) is 0 Å². The van der Waals surface area contributed by atoms with Crippen molar-refractivity contribution >= 4 is 23.5 Å². The van der Waals surface area contributed by atoms with Crippen LogP contribution < -0.4 is 11.1 Å². The second-order valence-corrected chi connectivity index (χ2v) is 6.71. The van der Waals surface area contributed by atoms with E-state index in [1.807, 2.05) is 0 Å². The average Bonchev–Trinajstić information content (AvgIpc) is 3.17. The summed E-state index contributed by atoms with van der Waals surface area (Å²) in [4.78, 5) is 25.1. The Balaban J connectivity index is 1.79. The number of benzene rings is 1. The standard InChI is InChI=1S/C19H20F2N6O3/c20-6-8-30-19(29)26-7-5-16(12(9-22)10-26)27-11-15(17(23)28)18(25-27)24-14-3-1-13(21)2-4-14/h1-4,11-12,16H,5-8,10H2,(H2,23,28)(H,24,25)/t12-,16-/m0/s1. The lowest BCUT2D eigenvalue weighted by atomic mass is 9.94. The maximum absolute atomic E-state index is 13.1. The van der Waals surface area contributed by atoms with Crippen molar-refractivity contribution < 1.29 is 23.1 Å². The number of aromatic nitrogens is 2. The number of carbonyl (C=O) groups is 2. The summed E-state index contributed by atoms with van der Waals surface area (Å²) in [6.07, 6.45) is 1.14. The molecule has 0 aliphatic carbocycles. The Morgan fingerprint density at radius 2 is 2.10 bits per heavy atom. The monoisotopic (exact) mass is 418 g/mol. The van der Waals surface area contributed by atoms with Gasteiger partial charge in [0.15, 0.2) is 5.82 Å². The molecule has 9 nitrogen and oxygen atoms in total. The maximum atomic E-state index is 13.1. The summed E-state index contributed by atoms with van der Waals surface area (Å²) < 4.78 is 31.6. The quantitative estimate of drug-likeness (QED) is 0.742. The van der Waals surface area contributed by atoms with Crippen LogP contribution in [0.1, 0.15) is 22.8 Å². The number of amides is 2. The van der Waals surface area contributed by atoms with E-state index in [0.29, 0.717) is 12.1 Å². The Kier molecular flexibility index (Phi) is 6.46. The minimum absolute atomic E-state index is 0.0821. The molecule has 2 atom stereocenters. The molecule has 1 fully saturated rings. The number of piperidine rings is 1. The number of primary amides is 1. The number of alkyl halides is 1. The van der Waals surface area contributed by atoms with Crippen molar-refractivity contribution in [3.05, 3.63) is 41.8 Å². The molecule has 3 rings (SSSR count). The van der Waals surface area contributed by atoms with E-state index in [9.17, 15) is 23.6 Å². The molecule has 0 bridgehead atoms. The largest absolute Gasteiger partial charge is 0.447 e. The van der Waals surface area contributed by atoms with E-state index < -0.39 is 36.5 Å². The van der Waals surface area contributed by atoms with Gasteiger partial charge in [-0.3, -0.25) is 9.48 Å². The lowest BCUT2D eigenvalue weighted by Gasteiger charge is -2.34. The highest BCUT2D eigenvalue weighted by Crippen LogP contribution is 2.30. The summed E-state index contributed by atoms with van der Waals surface area (Å²) in [5, 5.41) is 16.9. The first-order valence-electron chi connectivity index (χ1n) is 9.21. The Morgan fingerprint density at radius 1 is 1.37 bits per heavy atom. The minimum Gasteiger partial charge on any atom is -0.447 e. The third-order valence-electron chi connectivity index (χ3n) is 4.75. The molecule has 0 spiro atoms. The molecule has 1 aliphatic heterocycles. The number of nitrogens with two attached hydrogens (primary N) is 1. The van der Waals surface area contributed by atoms with Crippen molar-refractivity contribution in [3.63, 3.8) is 0 Å². The molecule has 1 aromatic heterocycles. The smallest absolute Gasteiger partial charge is 0.409 e. The van der Waals surface area contributed by atoms with Crippen LogP contribution in [0.2, 0.25) is 0 Å². The normalized spacial score (nSPS) is 18.5. The van der Waals surface area contributed by atoms with Gasteiger partial charge in [-0.15, -0.1) is 0 Å². The molecule has 2 heterocycles. The number of hydrogen-bond acceptors (Lipinski definition) is 6. The fraction of sp³-hybridized carbons (Fsp3) is 0.368. The van der Waals surface area contributed by atoms with Crippen molar-refractivity contribution in [1.29, 1.82) is 5.26 Å². The van der Waals surface area contributed by atoms with Gasteiger partial charge < -0.3 is 20.7 Å². The van der Waals surface area contributed by atoms with Gasteiger partial charge in [0.1, 0.15) is 24.7 Å². The van der Waals surface area contributed by atoms with Gasteiger partial charge in [-0.05, 0) is 30.7 Å². The maximum Gasteiger partial charge on any atom is 0.409 e. The van der Waals surface area contributed by atoms with Gasteiger partial charge >= 0.3 is 6.09 Å². The second-order valence-electron chi connectivity index (χ2n) is 6.71. The number of halogens is 2. The van der Waals surface area contributed by atoms with Crippen LogP contribution in [-0.2, 0) is 4.74 Å². The van der Waals surface area contributed by atoms with Gasteiger partial charge in [0, 0.05) is 25.0 Å². The SMILES string of the molecule is N#C[C@H]1CN(C(=O)OCCF)CC[C@@H]1n1cc(C(N)=O)c(Nc2ccc(F)cc2)n1. The molecular formula is C19H20F2N6O3. The molecular weight excluding hydrogens is 398 g/mol. The van der Waals surface area contributed by atoms with Gasteiger partial charge in [-0.1, -0.05) is 0 Å². The zero-order chi connectivity index (χ0) is 21.7. The molecule has 30 heavy (non-hydrogen) atoms. The van der Waals surface area contributed by atoms with Crippen LogP contribution in [0.4, 0.5) is 25.1 Å². The first-order chi connectivity index (χ1) is 14.4. The van der Waals surface area contributed by atoms with Gasteiger partial charge in [-0.2, -0.15) is 10.4 Å². The predicted molar refractivity (Wildman–Crippen MR) is 102 cm³/mol. The van der Waals surface area contributed by atoms with E-state index >= 15 is 0 Å². The van der Waals surface area contributed by atoms with Crippen LogP contribution in [-0.4, -0.2) is 53.1 Å². The molecule has 1 aromatic carbocycles. The second kappa shape index (κ2) is 9.21. The summed E-state index contributed by atoms with van der Waals surface area (Å²) in [6, 6.07) is 7.21. The highest BCUT2D eigenvalue weighted by molar-refractivity contribution is 5.98. The number of anilines is 2. The van der Waals surface area contributed by atoms with Crippen molar-refractivity contribution in [2.45, 2.75) is 12.5 Å². The van der Waals surface area contributed by atoms with E-state index in [2.05, 4.69) is 16.5 Å². The fourth-order valence-electron chi connectivity index (χ4n) is 3.27. The topological polar surface area (TPSA) is 126 Å². The van der Waals surface area contributed by atoms with Crippen molar-refractivity contribution in [3.8, 4) is 6.07 Å². The third-order valence-corrected chi connectivity index (χ3v) is 4.75. The Morgan fingerprint density at radius 3 is 2.73 bits per heavy atom. The molecule has 0 radical (unpaired) electrons. The van der Waals surface area contributed by atoms with E-state index in [4.69, 9.17) is 10.5 Å². The van der Waals surface area contributed by atoms with E-state index in [1.165, 1.54) is 40.0 Å². The number of nitriles is 1. The highest BCUT2D eigenvalue weighted by Gasteiger charge is 2.34. The number of ether oxygens (including phenoxy) is 1. The number of hydrogen-bond donors (Lipinski definition) is 2. The van der Waals surface area contributed by atoms with Crippen LogP contribution >= 0.6 is 0 Å². The molecule has 11 heteroatoms. The molecule has 0 unspecified atom stereocenters. The van der Waals surface area contributed by atoms with E-state index in [1.54, 1.807) is 0 Å². The first-order valence-corrected chi connectivity index (χ1v) is 9.21. The fourth-order valence-corrected chi connectivity index (χ4v) is 3.27. The number of nitrogens with one attached hydrogen (secondary N) is 1. The molecule has 0 saturated carbocycles. The molecule has 2 aromatic rings. The lowest BCUT2D eigenvalue weighted by molar-refractivity contribution is 0.0738. The number of nitrogens with zero attached hydrogens (tertiary/aromatic N) is 4. The van der Waals surface area contributed by atoms with Crippen LogP contribution in [0.15, 0.2) is 30.5 Å². The number of carbonyl (C=O) groups excluding carboxylic acids is 2. The summed E-state index contributed by atoms with van der Waals surface area (Å²) in [5.41, 5.74) is 6.07. The Bertz CT molecular complexity index is 956. The van der Waals surface area contributed by atoms with Crippen molar-refractivity contribution in [2.75, 3.05) is 31.7 Å². The van der Waals surface area contributed by atoms with Crippen LogP contribution in [0.5, 0.6) is 0 Å². The highest BCUT2D eigenvalue weighted by atomic mass is 19.1. The molecule has 3 N–H and O–H groups in total. The average molecular weight is 418 g/mol. The zero-order valence-corrected chi connectivity index (χ0v) is 15.9. The van der Waals surface area contributed by atoms with Crippen LogP contribution in [0.25, 0.3) is 0 Å². The van der Waals surface area contributed by atoms with E-state index in [0.717, 1.165) is 0 Å². The van der Waals surface area contributed by atoms with Crippen LogP contribution in [0, 0.1) is 23.1 Å². The van der Waals surface area contributed by atoms with Crippen molar-refractivity contribution in [1.82, 2.24) is 14.7 Å². The Hall–Kier alpha value is -3.68. The molecule has 1 aliphatic rings. The predicted octanol–water partition coefficient (Wildman–Crippen LogP) is 2.36. The summed E-state index contributed by atoms with van der Waals surface area (Å²) >= 11 is 0. The summed E-state index contributed by atoms with van der Waals surface area (Å²) in [5.74, 6) is -1.58. The third kappa shape index (κ3) is 4.65. The molecule has 158 valence electrons. The van der Waals surface area contributed by atoms with Crippen LogP contribution in [0.3, 0.4) is 0 Å². The van der Waals surface area contributed by atoms with Gasteiger partial charge in [-0.25, -0.2) is 13.6 Å². The first kappa shape index (κ1) is 21.0. The lowest BCUT2D eigenvalue weighted by Crippen LogP contribution is -2.44. The number of likely N-dealkylation sites (tertiary alicyclic amines) is 1. The van der Waals surface area contributed by atoms with Gasteiger partial charge in [0.25, 0.3) is 5.91 Å². The minimum atomic E-state index is -0.781. The molecule has 1 saturated heterocycles. The summed E-state index contributed by atoms with van der Waals surface area (Å²) in [7, 11) is 0. The van der Waals surface area contributed by atoms with Gasteiger partial charge in [0.05, 0.1) is 18.0 Å². The van der Waals surface area contributed by atoms with Crippen molar-refractivity contribution in [2.24, 2.45) is 11.7 Å². The Labute approximate surface area is 171 Å². The summed E-state index contributed by atoms with van der Waals surface area (Å²) in [6.45, 7) is -0.758.